The first-order chi connectivity index (χ1) is 12.7. The van der Waals surface area contributed by atoms with Crippen molar-refractivity contribution in [3.05, 3.63) is 47.6 Å². The van der Waals surface area contributed by atoms with Crippen LogP contribution in [0.25, 0.3) is 0 Å². The smallest absolute Gasteiger partial charge is 0.164 e. The highest BCUT2D eigenvalue weighted by Gasteiger charge is 2.27. The quantitative estimate of drug-likeness (QED) is 0.372. The van der Waals surface area contributed by atoms with Crippen molar-refractivity contribution in [2.24, 2.45) is 5.92 Å². The van der Waals surface area contributed by atoms with Gasteiger partial charge in [0.1, 0.15) is 18.0 Å². The van der Waals surface area contributed by atoms with Crippen LogP contribution in [0.1, 0.15) is 60.3 Å². The van der Waals surface area contributed by atoms with Gasteiger partial charge in [-0.05, 0) is 45.1 Å². The molecule has 0 aliphatic heterocycles. The van der Waals surface area contributed by atoms with E-state index in [2.05, 4.69) is 32.9 Å². The number of carbonyl (C=O) groups excluding carboxylic acids is 2. The molecule has 1 N–H and O–H groups in total. The van der Waals surface area contributed by atoms with E-state index >= 15 is 0 Å². The lowest BCUT2D eigenvalue weighted by Gasteiger charge is -2.21. The largest absolute Gasteiger partial charge is 0.386 e. The standard InChI is InChI=1S/C23H36O4/c1-7-17(2)11-9-8-10-12-18(3)13-16-21(25)23(27-6)22(26)19(4)14-15-20(5)24/h8-12,14,18,22-23,26H,7,13,15-16H2,1-6H3/b9-8+,12-10+,17-11+,19-14+/t18-,22?,23+/m1/s1. The van der Waals surface area contributed by atoms with Crippen molar-refractivity contribution >= 4 is 11.6 Å². The zero-order valence-corrected chi connectivity index (χ0v) is 17.7. The maximum absolute atomic E-state index is 12.4. The Bertz CT molecular complexity index is 581. The van der Waals surface area contributed by atoms with E-state index in [9.17, 15) is 14.7 Å². The lowest BCUT2D eigenvalue weighted by molar-refractivity contribution is -0.134. The molecule has 0 fully saturated rings. The number of methoxy groups -OCH3 is 1. The van der Waals surface area contributed by atoms with Crippen molar-refractivity contribution in [1.82, 2.24) is 0 Å². The number of ether oxygens (including phenoxy) is 1. The van der Waals surface area contributed by atoms with Crippen molar-refractivity contribution in [1.29, 1.82) is 0 Å². The molecule has 0 rings (SSSR count). The van der Waals surface area contributed by atoms with Crippen LogP contribution in [-0.2, 0) is 14.3 Å². The Hall–Kier alpha value is -1.78. The summed E-state index contributed by atoms with van der Waals surface area (Å²) in [5, 5.41) is 10.3. The van der Waals surface area contributed by atoms with Gasteiger partial charge in [0.15, 0.2) is 5.78 Å². The molecule has 4 nitrogen and oxygen atoms in total. The van der Waals surface area contributed by atoms with Crippen molar-refractivity contribution in [3.63, 3.8) is 0 Å². The molecule has 0 bridgehead atoms. The zero-order chi connectivity index (χ0) is 20.8. The Morgan fingerprint density at radius 2 is 1.78 bits per heavy atom. The molecule has 0 saturated carbocycles. The minimum atomic E-state index is -1.02. The second-order valence-electron chi connectivity index (χ2n) is 7.07. The van der Waals surface area contributed by atoms with E-state index in [1.54, 1.807) is 13.0 Å². The number of ketones is 2. The summed E-state index contributed by atoms with van der Waals surface area (Å²) in [6.45, 7) is 9.47. The highest BCUT2D eigenvalue weighted by Crippen LogP contribution is 2.16. The maximum atomic E-state index is 12.4. The van der Waals surface area contributed by atoms with Crippen LogP contribution in [-0.4, -0.2) is 36.0 Å². The Morgan fingerprint density at radius 3 is 2.33 bits per heavy atom. The Balaban J connectivity index is 4.59. The minimum absolute atomic E-state index is 0.0110. The molecular formula is C23H36O4. The summed E-state index contributed by atoms with van der Waals surface area (Å²) in [5.74, 6) is 0.133. The number of hydrogen-bond donors (Lipinski definition) is 1. The fourth-order valence-electron chi connectivity index (χ4n) is 2.36. The van der Waals surface area contributed by atoms with Gasteiger partial charge in [-0.3, -0.25) is 9.59 Å². The number of rotatable bonds is 13. The molecule has 3 atom stereocenters. The zero-order valence-electron chi connectivity index (χ0n) is 17.7. The summed E-state index contributed by atoms with van der Waals surface area (Å²) in [5.41, 5.74) is 1.91. The second-order valence-corrected chi connectivity index (χ2v) is 7.07. The van der Waals surface area contributed by atoms with Crippen molar-refractivity contribution < 1.29 is 19.4 Å². The van der Waals surface area contributed by atoms with Crippen LogP contribution in [0.5, 0.6) is 0 Å². The molecule has 0 aromatic carbocycles. The fraction of sp³-hybridized carbons (Fsp3) is 0.565. The van der Waals surface area contributed by atoms with E-state index < -0.39 is 12.2 Å². The van der Waals surface area contributed by atoms with Gasteiger partial charge in [0.2, 0.25) is 0 Å². The molecule has 27 heavy (non-hydrogen) atoms. The lowest BCUT2D eigenvalue weighted by atomic mass is 9.95. The second kappa shape index (κ2) is 14.3. The van der Waals surface area contributed by atoms with Gasteiger partial charge in [-0.2, -0.15) is 0 Å². The topological polar surface area (TPSA) is 63.6 Å². The molecule has 0 spiro atoms. The molecule has 0 aromatic heterocycles. The highest BCUT2D eigenvalue weighted by atomic mass is 16.5. The molecule has 0 aliphatic carbocycles. The minimum Gasteiger partial charge on any atom is -0.386 e. The lowest BCUT2D eigenvalue weighted by Crippen LogP contribution is -2.36. The van der Waals surface area contributed by atoms with Gasteiger partial charge in [0, 0.05) is 20.0 Å². The number of allylic oxidation sites excluding steroid dienone is 7. The summed E-state index contributed by atoms with van der Waals surface area (Å²) >= 11 is 0. The predicted molar refractivity (Wildman–Crippen MR) is 112 cm³/mol. The van der Waals surface area contributed by atoms with Crippen molar-refractivity contribution in [3.8, 4) is 0 Å². The first-order valence-corrected chi connectivity index (χ1v) is 9.63. The number of hydrogen-bond acceptors (Lipinski definition) is 4. The van der Waals surface area contributed by atoms with Crippen molar-refractivity contribution in [2.75, 3.05) is 7.11 Å². The molecule has 0 heterocycles. The van der Waals surface area contributed by atoms with Crippen LogP contribution in [0.15, 0.2) is 47.6 Å². The van der Waals surface area contributed by atoms with E-state index in [1.807, 2.05) is 18.2 Å². The van der Waals surface area contributed by atoms with Crippen LogP contribution in [0.4, 0.5) is 0 Å². The summed E-state index contributed by atoms with van der Waals surface area (Å²) in [6, 6.07) is 0. The molecule has 152 valence electrons. The van der Waals surface area contributed by atoms with Gasteiger partial charge in [-0.1, -0.05) is 55.9 Å². The Labute approximate surface area is 164 Å². The van der Waals surface area contributed by atoms with Gasteiger partial charge in [0.25, 0.3) is 0 Å². The average molecular weight is 377 g/mol. The normalized spacial score (nSPS) is 16.7. The third-order valence-electron chi connectivity index (χ3n) is 4.48. The molecule has 0 amide bonds. The molecule has 0 aromatic rings. The van der Waals surface area contributed by atoms with Gasteiger partial charge in [-0.25, -0.2) is 0 Å². The third kappa shape index (κ3) is 11.5. The van der Waals surface area contributed by atoms with E-state index in [1.165, 1.54) is 19.6 Å². The molecular weight excluding hydrogens is 340 g/mol. The van der Waals surface area contributed by atoms with Crippen LogP contribution in [0.2, 0.25) is 0 Å². The van der Waals surface area contributed by atoms with E-state index in [0.29, 0.717) is 18.4 Å². The van der Waals surface area contributed by atoms with Gasteiger partial charge in [0.05, 0.1) is 0 Å². The molecule has 1 unspecified atom stereocenters. The molecule has 0 saturated heterocycles. The van der Waals surface area contributed by atoms with Crippen LogP contribution < -0.4 is 0 Å². The highest BCUT2D eigenvalue weighted by molar-refractivity contribution is 5.84. The van der Waals surface area contributed by atoms with E-state index in [0.717, 1.165) is 6.42 Å². The summed E-state index contributed by atoms with van der Waals surface area (Å²) in [4.78, 5) is 23.5. The third-order valence-corrected chi connectivity index (χ3v) is 4.48. The summed E-state index contributed by atoms with van der Waals surface area (Å²) in [7, 11) is 1.42. The number of Topliss-reactive ketones (excluding diaryl/α,β-unsaturated/α-hetero) is 2. The van der Waals surface area contributed by atoms with E-state index in [4.69, 9.17) is 4.74 Å². The predicted octanol–water partition coefficient (Wildman–Crippen LogP) is 4.74. The fourth-order valence-corrected chi connectivity index (χ4v) is 2.36. The number of carbonyl (C=O) groups is 2. The average Bonchev–Trinajstić information content (AvgIpc) is 2.64. The Kier molecular flexibility index (Phi) is 13.4. The van der Waals surface area contributed by atoms with Crippen LogP contribution >= 0.6 is 0 Å². The Morgan fingerprint density at radius 1 is 1.11 bits per heavy atom. The first-order valence-electron chi connectivity index (χ1n) is 9.63. The van der Waals surface area contributed by atoms with Gasteiger partial charge < -0.3 is 9.84 Å². The number of aliphatic hydroxyl groups excluding tert-OH is 1. The summed E-state index contributed by atoms with van der Waals surface area (Å²) in [6.07, 6.45) is 12.2. The number of aliphatic hydroxyl groups is 1. The summed E-state index contributed by atoms with van der Waals surface area (Å²) < 4.78 is 5.22. The van der Waals surface area contributed by atoms with E-state index in [-0.39, 0.29) is 23.9 Å². The van der Waals surface area contributed by atoms with Crippen molar-refractivity contribution in [2.45, 2.75) is 72.5 Å². The van der Waals surface area contributed by atoms with Gasteiger partial charge >= 0.3 is 0 Å². The van der Waals surface area contributed by atoms with Crippen LogP contribution in [0, 0.1) is 5.92 Å². The van der Waals surface area contributed by atoms with Crippen LogP contribution in [0.3, 0.4) is 0 Å². The first kappa shape index (κ1) is 25.2. The SMILES string of the molecule is CC/C(C)=C/C=C/C=C/[C@@H](C)CCC(=O)[C@H](OC)C(O)/C(C)=C/CC(C)=O. The van der Waals surface area contributed by atoms with Gasteiger partial charge in [-0.15, -0.1) is 0 Å². The molecule has 0 aliphatic rings. The molecule has 0 radical (unpaired) electrons. The maximum Gasteiger partial charge on any atom is 0.164 e. The monoisotopic (exact) mass is 376 g/mol. The molecule has 4 heteroatoms.